The molecule has 1 aromatic heterocycles. The molecule has 0 atom stereocenters. The zero-order chi connectivity index (χ0) is 14.9. The molecule has 0 saturated heterocycles. The molecule has 0 unspecified atom stereocenters. The maximum atomic E-state index is 12.3. The van der Waals surface area contributed by atoms with E-state index in [4.69, 9.17) is 17.3 Å². The van der Waals surface area contributed by atoms with Gasteiger partial charge < -0.3 is 5.73 Å². The third-order valence-electron chi connectivity index (χ3n) is 3.00. The lowest BCUT2D eigenvalue weighted by molar-refractivity contribution is 0.580. The number of anilines is 1. The fourth-order valence-corrected chi connectivity index (χ4v) is 4.12. The first-order valence-electron chi connectivity index (χ1n) is 5.88. The molecule has 2 aromatic rings. The number of benzene rings is 1. The zero-order valence-electron chi connectivity index (χ0n) is 11.1. The maximum Gasteiger partial charge on any atom is 0.241 e. The minimum absolute atomic E-state index is 0.160. The number of thiophene rings is 1. The van der Waals surface area contributed by atoms with Crippen molar-refractivity contribution in [1.82, 2.24) is 4.72 Å². The minimum Gasteiger partial charge on any atom is -0.397 e. The summed E-state index contributed by atoms with van der Waals surface area (Å²) in [6, 6.07) is 2.95. The second kappa shape index (κ2) is 5.73. The molecule has 0 aliphatic rings. The van der Waals surface area contributed by atoms with Gasteiger partial charge in [-0.2, -0.15) is 11.3 Å². The van der Waals surface area contributed by atoms with Gasteiger partial charge in [-0.15, -0.1) is 0 Å². The van der Waals surface area contributed by atoms with Crippen LogP contribution in [0.15, 0.2) is 27.8 Å². The number of hydrogen-bond donors (Lipinski definition) is 2. The van der Waals surface area contributed by atoms with Gasteiger partial charge in [0.2, 0.25) is 10.0 Å². The molecule has 3 N–H and O–H groups in total. The molecular weight excluding hydrogens is 316 g/mol. The van der Waals surface area contributed by atoms with Crippen LogP contribution in [0.25, 0.3) is 0 Å². The quantitative estimate of drug-likeness (QED) is 0.846. The van der Waals surface area contributed by atoms with E-state index in [0.29, 0.717) is 10.6 Å². The van der Waals surface area contributed by atoms with Gasteiger partial charge in [0.15, 0.2) is 0 Å². The Morgan fingerprint density at radius 1 is 1.25 bits per heavy atom. The average Bonchev–Trinajstić information content (AvgIpc) is 2.77. The van der Waals surface area contributed by atoms with Crippen molar-refractivity contribution in [2.75, 3.05) is 5.73 Å². The van der Waals surface area contributed by atoms with Gasteiger partial charge in [0.1, 0.15) is 0 Å². The van der Waals surface area contributed by atoms with E-state index in [-0.39, 0.29) is 17.1 Å². The molecule has 0 aliphatic carbocycles. The predicted octanol–water partition coefficient (Wildman–Crippen LogP) is 3.08. The van der Waals surface area contributed by atoms with Crippen LogP contribution in [0.3, 0.4) is 0 Å². The van der Waals surface area contributed by atoms with Crippen LogP contribution in [0.1, 0.15) is 16.7 Å². The maximum absolute atomic E-state index is 12.3. The highest BCUT2D eigenvalue weighted by molar-refractivity contribution is 7.89. The molecule has 0 fully saturated rings. The molecule has 20 heavy (non-hydrogen) atoms. The van der Waals surface area contributed by atoms with Crippen molar-refractivity contribution in [3.63, 3.8) is 0 Å². The van der Waals surface area contributed by atoms with Gasteiger partial charge >= 0.3 is 0 Å². The normalized spacial score (nSPS) is 11.8. The predicted molar refractivity (Wildman–Crippen MR) is 83.7 cm³/mol. The fraction of sp³-hybridized carbons (Fsp3) is 0.231. The third-order valence-corrected chi connectivity index (χ3v) is 5.78. The summed E-state index contributed by atoms with van der Waals surface area (Å²) in [5.41, 5.74) is 8.55. The first kappa shape index (κ1) is 15.3. The summed E-state index contributed by atoms with van der Waals surface area (Å²) in [5.74, 6) is 0. The summed E-state index contributed by atoms with van der Waals surface area (Å²) >= 11 is 7.42. The van der Waals surface area contributed by atoms with E-state index in [0.717, 1.165) is 11.1 Å². The first-order chi connectivity index (χ1) is 9.31. The van der Waals surface area contributed by atoms with Crippen LogP contribution < -0.4 is 10.5 Å². The number of hydrogen-bond acceptors (Lipinski definition) is 4. The third kappa shape index (κ3) is 3.15. The Morgan fingerprint density at radius 3 is 2.55 bits per heavy atom. The molecule has 0 spiro atoms. The Kier molecular flexibility index (Phi) is 4.39. The molecule has 0 radical (unpaired) electrons. The van der Waals surface area contributed by atoms with E-state index in [1.807, 2.05) is 17.7 Å². The van der Waals surface area contributed by atoms with Crippen molar-refractivity contribution < 1.29 is 8.42 Å². The van der Waals surface area contributed by atoms with Crippen LogP contribution >= 0.6 is 22.9 Å². The number of rotatable bonds is 4. The Morgan fingerprint density at radius 2 is 1.95 bits per heavy atom. The molecule has 108 valence electrons. The fourth-order valence-electron chi connectivity index (χ4n) is 1.78. The summed E-state index contributed by atoms with van der Waals surface area (Å²) in [5, 5.41) is 4.27. The van der Waals surface area contributed by atoms with E-state index in [9.17, 15) is 8.42 Å². The average molecular weight is 331 g/mol. The number of sulfonamides is 1. The summed E-state index contributed by atoms with van der Waals surface area (Å²) < 4.78 is 27.2. The van der Waals surface area contributed by atoms with Gasteiger partial charge in [0, 0.05) is 6.54 Å². The highest BCUT2D eigenvalue weighted by atomic mass is 35.5. The summed E-state index contributed by atoms with van der Waals surface area (Å²) in [6.45, 7) is 3.90. The van der Waals surface area contributed by atoms with Crippen molar-refractivity contribution in [2.24, 2.45) is 0 Å². The van der Waals surface area contributed by atoms with E-state index in [1.165, 1.54) is 6.07 Å². The van der Waals surface area contributed by atoms with E-state index in [1.54, 1.807) is 24.3 Å². The molecular formula is C13H15ClN2O2S2. The minimum atomic E-state index is -3.61. The van der Waals surface area contributed by atoms with Crippen LogP contribution in [0.2, 0.25) is 5.02 Å². The lowest BCUT2D eigenvalue weighted by Gasteiger charge is -2.11. The van der Waals surface area contributed by atoms with E-state index in [2.05, 4.69) is 4.72 Å². The van der Waals surface area contributed by atoms with Crippen LogP contribution in [-0.2, 0) is 16.6 Å². The van der Waals surface area contributed by atoms with Crippen LogP contribution in [-0.4, -0.2) is 8.42 Å². The second-order valence-electron chi connectivity index (χ2n) is 4.54. The SMILES string of the molecule is Cc1cscc1CNS(=O)(=O)c1cc(N)c(Cl)cc1C. The molecule has 0 amide bonds. The standard InChI is InChI=1S/C13H15ClN2O2S2/c1-8-3-11(14)12(15)4-13(8)20(17,18)16-5-10-7-19-6-9(10)2/h3-4,6-7,16H,5,15H2,1-2H3. The molecule has 0 aliphatic heterocycles. The molecule has 1 heterocycles. The molecule has 7 heteroatoms. The summed E-state index contributed by atoms with van der Waals surface area (Å²) in [7, 11) is -3.61. The van der Waals surface area contributed by atoms with Crippen LogP contribution in [0, 0.1) is 13.8 Å². The summed E-state index contributed by atoms with van der Waals surface area (Å²) in [4.78, 5) is 0.160. The molecule has 1 aromatic carbocycles. The number of nitrogens with one attached hydrogen (secondary N) is 1. The second-order valence-corrected chi connectivity index (χ2v) is 7.43. The summed E-state index contributed by atoms with van der Waals surface area (Å²) in [6.07, 6.45) is 0. The van der Waals surface area contributed by atoms with Crippen molar-refractivity contribution in [1.29, 1.82) is 0 Å². The van der Waals surface area contributed by atoms with E-state index < -0.39 is 10.0 Å². The van der Waals surface area contributed by atoms with Crippen molar-refractivity contribution in [3.05, 3.63) is 44.6 Å². The molecule has 4 nitrogen and oxygen atoms in total. The van der Waals surface area contributed by atoms with Crippen molar-refractivity contribution in [3.8, 4) is 0 Å². The Balaban J connectivity index is 2.27. The topological polar surface area (TPSA) is 72.2 Å². The van der Waals surface area contributed by atoms with Gasteiger partial charge in [-0.25, -0.2) is 13.1 Å². The lowest BCUT2D eigenvalue weighted by Crippen LogP contribution is -2.24. The molecule has 0 bridgehead atoms. The molecule has 0 saturated carbocycles. The number of nitrogens with two attached hydrogens (primary N) is 1. The Labute approximate surface area is 127 Å². The monoisotopic (exact) mass is 330 g/mol. The van der Waals surface area contributed by atoms with Crippen molar-refractivity contribution in [2.45, 2.75) is 25.3 Å². The molecule has 2 rings (SSSR count). The van der Waals surface area contributed by atoms with Gasteiger partial charge in [-0.1, -0.05) is 11.6 Å². The highest BCUT2D eigenvalue weighted by Gasteiger charge is 2.18. The lowest BCUT2D eigenvalue weighted by atomic mass is 10.2. The Hall–Kier alpha value is -1.08. The largest absolute Gasteiger partial charge is 0.397 e. The highest BCUT2D eigenvalue weighted by Crippen LogP contribution is 2.26. The van der Waals surface area contributed by atoms with Gasteiger partial charge in [-0.05, 0) is 53.4 Å². The zero-order valence-corrected chi connectivity index (χ0v) is 13.5. The number of halogens is 1. The van der Waals surface area contributed by atoms with Gasteiger partial charge in [0.25, 0.3) is 0 Å². The van der Waals surface area contributed by atoms with Gasteiger partial charge in [-0.3, -0.25) is 0 Å². The smallest absolute Gasteiger partial charge is 0.241 e. The van der Waals surface area contributed by atoms with Crippen LogP contribution in [0.4, 0.5) is 5.69 Å². The van der Waals surface area contributed by atoms with Crippen molar-refractivity contribution >= 4 is 38.6 Å². The number of aryl methyl sites for hydroxylation is 2. The van der Waals surface area contributed by atoms with Crippen LogP contribution in [0.5, 0.6) is 0 Å². The first-order valence-corrected chi connectivity index (χ1v) is 8.68. The Bertz CT molecular complexity index is 739. The van der Waals surface area contributed by atoms with Gasteiger partial charge in [0.05, 0.1) is 15.6 Å². The van der Waals surface area contributed by atoms with E-state index >= 15 is 0 Å². The number of nitrogen functional groups attached to an aromatic ring is 1.